The van der Waals surface area contributed by atoms with Crippen LogP contribution in [0.2, 0.25) is 0 Å². The van der Waals surface area contributed by atoms with Gasteiger partial charge in [-0.3, -0.25) is 0 Å². The molecule has 0 aliphatic carbocycles. The van der Waals surface area contributed by atoms with Crippen LogP contribution in [0.5, 0.6) is 5.75 Å². The Morgan fingerprint density at radius 2 is 2.08 bits per heavy atom. The highest BCUT2D eigenvalue weighted by Crippen LogP contribution is 2.12. The van der Waals surface area contributed by atoms with Crippen molar-refractivity contribution in [1.29, 1.82) is 0 Å². The van der Waals surface area contributed by atoms with Crippen molar-refractivity contribution in [3.05, 3.63) is 38.3 Å². The van der Waals surface area contributed by atoms with Crippen LogP contribution in [-0.4, -0.2) is 13.2 Å². The molecule has 1 rings (SSSR count). The van der Waals surface area contributed by atoms with Crippen LogP contribution in [0.1, 0.15) is 0 Å². The molecule has 0 fully saturated rings. The minimum Gasteiger partial charge on any atom is -0.493 e. The normalized spacial score (nSPS) is 9.00. The maximum Gasteiger partial charge on any atom is 0.119 e. The lowest BCUT2D eigenvalue weighted by Crippen LogP contribution is -1.99. The number of hydrogen-bond acceptors (Lipinski definition) is 2. The fourth-order valence-electron chi connectivity index (χ4n) is 0.780. The predicted molar refractivity (Wildman–Crippen MR) is 58.7 cm³/mol. The molecule has 0 aliphatic heterocycles. The summed E-state index contributed by atoms with van der Waals surface area (Å²) in [5, 5.41) is 3.36. The summed E-state index contributed by atoms with van der Waals surface area (Å²) in [7, 11) is 0. The van der Waals surface area contributed by atoms with E-state index < -0.39 is 0 Å². The molecule has 0 atom stereocenters. The van der Waals surface area contributed by atoms with E-state index in [-0.39, 0.29) is 0 Å². The van der Waals surface area contributed by atoms with Crippen molar-refractivity contribution in [2.75, 3.05) is 13.2 Å². The summed E-state index contributed by atoms with van der Waals surface area (Å²) >= 11 is 2.23. The summed E-state index contributed by atoms with van der Waals surface area (Å²) in [5.41, 5.74) is 8.00. The highest BCUT2D eigenvalue weighted by molar-refractivity contribution is 14.1. The first kappa shape index (κ1) is 10.1. The topological polar surface area (TPSA) is 58.0 Å². The van der Waals surface area contributed by atoms with Gasteiger partial charge in [-0.25, -0.2) is 0 Å². The second-order valence-corrected chi connectivity index (χ2v) is 3.50. The van der Waals surface area contributed by atoms with E-state index in [1.807, 2.05) is 24.3 Å². The van der Waals surface area contributed by atoms with Crippen LogP contribution in [-0.2, 0) is 0 Å². The molecule has 68 valence electrons. The van der Waals surface area contributed by atoms with Crippen LogP contribution in [0.15, 0.2) is 29.4 Å². The predicted octanol–water partition coefficient (Wildman–Crippen LogP) is 2.98. The first-order valence-corrected chi connectivity index (χ1v) is 4.80. The van der Waals surface area contributed by atoms with E-state index in [9.17, 15) is 0 Å². The molecule has 0 saturated heterocycles. The zero-order valence-electron chi connectivity index (χ0n) is 6.85. The fraction of sp³-hybridized carbons (Fsp3) is 0.250. The van der Waals surface area contributed by atoms with Gasteiger partial charge in [0.15, 0.2) is 0 Å². The Balaban J connectivity index is 2.37. The summed E-state index contributed by atoms with van der Waals surface area (Å²) in [6.07, 6.45) is 0. The van der Waals surface area contributed by atoms with Crippen molar-refractivity contribution in [3.8, 4) is 5.75 Å². The third-order valence-electron chi connectivity index (χ3n) is 1.34. The Morgan fingerprint density at radius 3 is 2.69 bits per heavy atom. The number of rotatable bonds is 4. The molecule has 0 aromatic heterocycles. The zero-order chi connectivity index (χ0) is 9.52. The van der Waals surface area contributed by atoms with Gasteiger partial charge in [0.2, 0.25) is 0 Å². The van der Waals surface area contributed by atoms with E-state index in [1.165, 1.54) is 3.57 Å². The molecule has 0 amide bonds. The summed E-state index contributed by atoms with van der Waals surface area (Å²) < 4.78 is 6.46. The van der Waals surface area contributed by atoms with E-state index in [4.69, 9.17) is 10.3 Å². The third kappa shape index (κ3) is 4.00. The number of ether oxygens (including phenoxy) is 1. The van der Waals surface area contributed by atoms with Gasteiger partial charge in [0.05, 0.1) is 13.2 Å². The molecule has 0 heterocycles. The van der Waals surface area contributed by atoms with Crippen molar-refractivity contribution >= 4 is 22.6 Å². The largest absolute Gasteiger partial charge is 0.493 e. The summed E-state index contributed by atoms with van der Waals surface area (Å²) in [4.78, 5) is 2.62. The van der Waals surface area contributed by atoms with Gasteiger partial charge >= 0.3 is 0 Å². The van der Waals surface area contributed by atoms with Crippen LogP contribution in [0.25, 0.3) is 10.4 Å². The van der Waals surface area contributed by atoms with Crippen LogP contribution >= 0.6 is 22.6 Å². The van der Waals surface area contributed by atoms with Gasteiger partial charge < -0.3 is 4.74 Å². The maximum atomic E-state index is 8.00. The Bertz CT molecular complexity index is 306. The van der Waals surface area contributed by atoms with Gasteiger partial charge in [0.1, 0.15) is 5.75 Å². The molecule has 0 saturated carbocycles. The van der Waals surface area contributed by atoms with E-state index in [0.29, 0.717) is 13.2 Å². The molecule has 0 bridgehead atoms. The Kier molecular flexibility index (Phi) is 4.42. The monoisotopic (exact) mass is 289 g/mol. The second kappa shape index (κ2) is 5.66. The van der Waals surface area contributed by atoms with Gasteiger partial charge in [-0.05, 0) is 52.4 Å². The average molecular weight is 289 g/mol. The maximum absolute atomic E-state index is 8.00. The first-order valence-electron chi connectivity index (χ1n) is 3.72. The molecule has 0 unspecified atom stereocenters. The number of hydrogen-bond donors (Lipinski definition) is 0. The lowest BCUT2D eigenvalue weighted by molar-refractivity contribution is 0.328. The number of halogens is 1. The highest BCUT2D eigenvalue weighted by Gasteiger charge is 1.91. The molecular formula is C8H8IN3O. The highest BCUT2D eigenvalue weighted by atomic mass is 127. The Labute approximate surface area is 89.7 Å². The number of nitrogens with zero attached hydrogens (tertiary/aromatic N) is 3. The fourth-order valence-corrected chi connectivity index (χ4v) is 1.14. The van der Waals surface area contributed by atoms with E-state index >= 15 is 0 Å². The SMILES string of the molecule is [N-]=[N+]=NCCOc1ccc(I)cc1. The van der Waals surface area contributed by atoms with Gasteiger partial charge in [-0.15, -0.1) is 0 Å². The molecule has 4 nitrogen and oxygen atoms in total. The molecule has 13 heavy (non-hydrogen) atoms. The summed E-state index contributed by atoms with van der Waals surface area (Å²) in [6.45, 7) is 0.785. The molecule has 1 aromatic carbocycles. The van der Waals surface area contributed by atoms with Crippen molar-refractivity contribution < 1.29 is 4.74 Å². The molecule has 5 heteroatoms. The van der Waals surface area contributed by atoms with Gasteiger partial charge in [0, 0.05) is 8.48 Å². The van der Waals surface area contributed by atoms with Crippen LogP contribution in [0.3, 0.4) is 0 Å². The van der Waals surface area contributed by atoms with E-state index in [2.05, 4.69) is 32.6 Å². The molecular weight excluding hydrogens is 281 g/mol. The smallest absolute Gasteiger partial charge is 0.119 e. The molecule has 0 aliphatic rings. The van der Waals surface area contributed by atoms with Crippen LogP contribution in [0.4, 0.5) is 0 Å². The lowest BCUT2D eigenvalue weighted by atomic mass is 10.3. The number of benzene rings is 1. The first-order chi connectivity index (χ1) is 6.33. The quantitative estimate of drug-likeness (QED) is 0.276. The Morgan fingerprint density at radius 1 is 1.38 bits per heavy atom. The third-order valence-corrected chi connectivity index (χ3v) is 2.06. The minimum absolute atomic E-state index is 0.364. The second-order valence-electron chi connectivity index (χ2n) is 2.26. The molecule has 1 aromatic rings. The molecule has 0 N–H and O–H groups in total. The Hall–Kier alpha value is -0.940. The van der Waals surface area contributed by atoms with Crippen molar-refractivity contribution in [1.82, 2.24) is 0 Å². The van der Waals surface area contributed by atoms with Gasteiger partial charge in [-0.2, -0.15) is 0 Å². The van der Waals surface area contributed by atoms with Gasteiger partial charge in [0.25, 0.3) is 0 Å². The van der Waals surface area contributed by atoms with Crippen molar-refractivity contribution in [2.24, 2.45) is 5.11 Å². The van der Waals surface area contributed by atoms with E-state index in [1.54, 1.807) is 0 Å². The zero-order valence-corrected chi connectivity index (χ0v) is 9.01. The van der Waals surface area contributed by atoms with Crippen LogP contribution < -0.4 is 4.74 Å². The molecule has 0 spiro atoms. The standard InChI is InChI=1S/C8H8IN3O/c9-7-1-3-8(4-2-7)13-6-5-11-12-10/h1-4H,5-6H2. The van der Waals surface area contributed by atoms with E-state index in [0.717, 1.165) is 5.75 Å². The van der Waals surface area contributed by atoms with Crippen molar-refractivity contribution in [3.63, 3.8) is 0 Å². The minimum atomic E-state index is 0.364. The number of azide groups is 1. The van der Waals surface area contributed by atoms with Gasteiger partial charge in [-0.1, -0.05) is 5.11 Å². The van der Waals surface area contributed by atoms with Crippen molar-refractivity contribution in [2.45, 2.75) is 0 Å². The lowest BCUT2D eigenvalue weighted by Gasteiger charge is -2.02. The summed E-state index contributed by atoms with van der Waals surface area (Å²) in [5.74, 6) is 0.800. The summed E-state index contributed by atoms with van der Waals surface area (Å²) in [6, 6.07) is 7.70. The van der Waals surface area contributed by atoms with Crippen LogP contribution in [0, 0.1) is 3.57 Å². The molecule has 0 radical (unpaired) electrons. The average Bonchev–Trinajstić information content (AvgIpc) is 2.15.